The van der Waals surface area contributed by atoms with E-state index in [1.165, 1.54) is 12.1 Å². The molecule has 1 rings (SSSR count). The Labute approximate surface area is 104 Å². The van der Waals surface area contributed by atoms with Gasteiger partial charge in [-0.05, 0) is 11.5 Å². The van der Waals surface area contributed by atoms with Crippen LogP contribution >= 0.6 is 11.6 Å². The Morgan fingerprint density at radius 3 is 2.53 bits per heavy atom. The van der Waals surface area contributed by atoms with Gasteiger partial charge in [0.25, 0.3) is 5.69 Å². The van der Waals surface area contributed by atoms with Crippen LogP contribution in [0.3, 0.4) is 0 Å². The number of nitro benzene ring substituents is 1. The van der Waals surface area contributed by atoms with Crippen molar-refractivity contribution in [3.63, 3.8) is 0 Å². The highest BCUT2D eigenvalue weighted by Crippen LogP contribution is 2.18. The van der Waals surface area contributed by atoms with E-state index in [0.717, 1.165) is 5.56 Å². The van der Waals surface area contributed by atoms with Crippen LogP contribution in [0.25, 0.3) is 0 Å². The maximum Gasteiger partial charge on any atom is 0.269 e. The molecular formula is C11H13ClN2O3. The van der Waals surface area contributed by atoms with E-state index >= 15 is 0 Å². The fourth-order valence-electron chi connectivity index (χ4n) is 1.36. The standard InChI is InChI=1S/C11H13ClN2O3/c1-8(7-13-11(15)6-12)9-2-4-10(5-3-9)14(16)17/h2-5,8H,6-7H2,1H3,(H,13,15). The molecule has 0 aromatic heterocycles. The molecular weight excluding hydrogens is 244 g/mol. The van der Waals surface area contributed by atoms with Crippen molar-refractivity contribution in [2.24, 2.45) is 0 Å². The van der Waals surface area contributed by atoms with Gasteiger partial charge in [0.05, 0.1) is 4.92 Å². The fraction of sp³-hybridized carbons (Fsp3) is 0.364. The monoisotopic (exact) mass is 256 g/mol. The van der Waals surface area contributed by atoms with Gasteiger partial charge in [-0.25, -0.2) is 0 Å². The summed E-state index contributed by atoms with van der Waals surface area (Å²) in [6.45, 7) is 2.39. The van der Waals surface area contributed by atoms with Crippen molar-refractivity contribution in [1.29, 1.82) is 0 Å². The van der Waals surface area contributed by atoms with Crippen LogP contribution in [0.2, 0.25) is 0 Å². The van der Waals surface area contributed by atoms with Crippen molar-refractivity contribution in [1.82, 2.24) is 5.32 Å². The predicted molar refractivity (Wildman–Crippen MR) is 65.2 cm³/mol. The maximum atomic E-state index is 11.0. The first-order chi connectivity index (χ1) is 8.04. The molecule has 0 fully saturated rings. The zero-order valence-electron chi connectivity index (χ0n) is 9.35. The van der Waals surface area contributed by atoms with Crippen LogP contribution in [0.1, 0.15) is 18.4 Å². The second-order valence-corrected chi connectivity index (χ2v) is 3.95. The number of non-ortho nitro benzene ring substituents is 1. The van der Waals surface area contributed by atoms with Crippen molar-refractivity contribution in [2.45, 2.75) is 12.8 Å². The van der Waals surface area contributed by atoms with Gasteiger partial charge in [0, 0.05) is 18.7 Å². The predicted octanol–water partition coefficient (Wildman–Crippen LogP) is 2.05. The number of carbonyl (C=O) groups excluding carboxylic acids is 1. The van der Waals surface area contributed by atoms with E-state index in [4.69, 9.17) is 11.6 Å². The number of carbonyl (C=O) groups is 1. The molecule has 0 aliphatic carbocycles. The van der Waals surface area contributed by atoms with Crippen molar-refractivity contribution < 1.29 is 9.72 Å². The summed E-state index contributed by atoms with van der Waals surface area (Å²) in [6.07, 6.45) is 0. The summed E-state index contributed by atoms with van der Waals surface area (Å²) >= 11 is 5.35. The van der Waals surface area contributed by atoms with Gasteiger partial charge in [-0.1, -0.05) is 19.1 Å². The molecule has 0 saturated heterocycles. The third kappa shape index (κ3) is 4.03. The molecule has 0 radical (unpaired) electrons. The molecule has 5 nitrogen and oxygen atoms in total. The first-order valence-electron chi connectivity index (χ1n) is 5.11. The van der Waals surface area contributed by atoms with Crippen LogP contribution in [-0.4, -0.2) is 23.3 Å². The Hall–Kier alpha value is -1.62. The number of hydrogen-bond donors (Lipinski definition) is 1. The van der Waals surface area contributed by atoms with E-state index < -0.39 is 4.92 Å². The summed E-state index contributed by atoms with van der Waals surface area (Å²) in [6, 6.07) is 6.29. The van der Waals surface area contributed by atoms with Crippen molar-refractivity contribution in [3.8, 4) is 0 Å². The summed E-state index contributed by atoms with van der Waals surface area (Å²) < 4.78 is 0. The molecule has 1 N–H and O–H groups in total. The van der Waals surface area contributed by atoms with E-state index in [-0.39, 0.29) is 23.4 Å². The van der Waals surface area contributed by atoms with E-state index in [9.17, 15) is 14.9 Å². The fourth-order valence-corrected chi connectivity index (χ4v) is 1.45. The molecule has 1 aromatic carbocycles. The number of nitrogens with zero attached hydrogens (tertiary/aromatic N) is 1. The zero-order chi connectivity index (χ0) is 12.8. The molecule has 1 atom stereocenters. The maximum absolute atomic E-state index is 11.0. The van der Waals surface area contributed by atoms with E-state index in [1.54, 1.807) is 12.1 Å². The summed E-state index contributed by atoms with van der Waals surface area (Å²) in [5, 5.41) is 13.1. The number of halogens is 1. The van der Waals surface area contributed by atoms with Gasteiger partial charge in [-0.15, -0.1) is 11.6 Å². The summed E-state index contributed by atoms with van der Waals surface area (Å²) in [5.74, 6) is -0.198. The number of rotatable bonds is 5. The van der Waals surface area contributed by atoms with Crippen molar-refractivity contribution in [2.75, 3.05) is 12.4 Å². The highest BCUT2D eigenvalue weighted by atomic mass is 35.5. The molecule has 92 valence electrons. The smallest absolute Gasteiger partial charge is 0.269 e. The average molecular weight is 257 g/mol. The Balaban J connectivity index is 2.60. The first kappa shape index (κ1) is 13.4. The van der Waals surface area contributed by atoms with Crippen LogP contribution in [0, 0.1) is 10.1 Å². The Kier molecular flexibility index (Phi) is 4.90. The molecule has 0 bridgehead atoms. The molecule has 17 heavy (non-hydrogen) atoms. The number of nitro groups is 1. The summed E-state index contributed by atoms with van der Waals surface area (Å²) in [7, 11) is 0. The first-order valence-corrected chi connectivity index (χ1v) is 5.65. The van der Waals surface area contributed by atoms with Crippen molar-refractivity contribution in [3.05, 3.63) is 39.9 Å². The third-order valence-corrected chi connectivity index (χ3v) is 2.64. The minimum absolute atomic E-state index is 0.0609. The number of hydrogen-bond acceptors (Lipinski definition) is 3. The lowest BCUT2D eigenvalue weighted by Crippen LogP contribution is -2.28. The summed E-state index contributed by atoms with van der Waals surface area (Å²) in [4.78, 5) is 21.0. The lowest BCUT2D eigenvalue weighted by molar-refractivity contribution is -0.384. The lowest BCUT2D eigenvalue weighted by atomic mass is 10.0. The highest BCUT2D eigenvalue weighted by Gasteiger charge is 2.09. The zero-order valence-corrected chi connectivity index (χ0v) is 10.1. The van der Waals surface area contributed by atoms with Crippen LogP contribution in [0.4, 0.5) is 5.69 Å². The molecule has 0 aliphatic rings. The van der Waals surface area contributed by atoms with Crippen LogP contribution in [-0.2, 0) is 4.79 Å². The van der Waals surface area contributed by atoms with Gasteiger partial charge >= 0.3 is 0 Å². The molecule has 0 saturated carbocycles. The van der Waals surface area contributed by atoms with Gasteiger partial charge in [-0.2, -0.15) is 0 Å². The van der Waals surface area contributed by atoms with Gasteiger partial charge in [-0.3, -0.25) is 14.9 Å². The van der Waals surface area contributed by atoms with Gasteiger partial charge in [0.15, 0.2) is 0 Å². The molecule has 0 heterocycles. The lowest BCUT2D eigenvalue weighted by Gasteiger charge is -2.12. The second-order valence-electron chi connectivity index (χ2n) is 3.69. The Morgan fingerprint density at radius 1 is 1.47 bits per heavy atom. The minimum Gasteiger partial charge on any atom is -0.354 e. The Morgan fingerprint density at radius 2 is 2.06 bits per heavy atom. The molecule has 0 aliphatic heterocycles. The molecule has 1 aromatic rings. The second kappa shape index (κ2) is 6.20. The van der Waals surface area contributed by atoms with Crippen LogP contribution in [0.5, 0.6) is 0 Å². The molecule has 1 unspecified atom stereocenters. The van der Waals surface area contributed by atoms with E-state index in [1.807, 2.05) is 6.92 Å². The largest absolute Gasteiger partial charge is 0.354 e. The number of alkyl halides is 1. The average Bonchev–Trinajstić information content (AvgIpc) is 2.35. The number of benzene rings is 1. The number of amides is 1. The van der Waals surface area contributed by atoms with E-state index in [2.05, 4.69) is 5.32 Å². The molecule has 0 spiro atoms. The topological polar surface area (TPSA) is 72.2 Å². The minimum atomic E-state index is -0.441. The summed E-state index contributed by atoms with van der Waals surface area (Å²) in [5.41, 5.74) is 0.996. The SMILES string of the molecule is CC(CNC(=O)CCl)c1ccc([N+](=O)[O-])cc1. The third-order valence-electron chi connectivity index (χ3n) is 2.40. The molecule has 1 amide bonds. The highest BCUT2D eigenvalue weighted by molar-refractivity contribution is 6.27. The molecule has 6 heteroatoms. The van der Waals surface area contributed by atoms with Crippen LogP contribution in [0.15, 0.2) is 24.3 Å². The van der Waals surface area contributed by atoms with E-state index in [0.29, 0.717) is 6.54 Å². The van der Waals surface area contributed by atoms with Gasteiger partial charge in [0.2, 0.25) is 5.91 Å². The van der Waals surface area contributed by atoms with Crippen molar-refractivity contribution >= 4 is 23.2 Å². The van der Waals surface area contributed by atoms with Gasteiger partial charge < -0.3 is 5.32 Å². The quantitative estimate of drug-likeness (QED) is 0.498. The Bertz CT molecular complexity index is 406. The number of nitrogens with one attached hydrogen (secondary N) is 1. The van der Waals surface area contributed by atoms with Gasteiger partial charge in [0.1, 0.15) is 5.88 Å². The van der Waals surface area contributed by atoms with Crippen LogP contribution < -0.4 is 5.32 Å². The normalized spacial score (nSPS) is 11.9.